The number of epoxide rings is 1. The maximum absolute atomic E-state index is 11.4. The van der Waals surface area contributed by atoms with E-state index >= 15 is 0 Å². The summed E-state index contributed by atoms with van der Waals surface area (Å²) < 4.78 is 17.8. The molecule has 6 heteroatoms. The molecule has 0 aromatic rings. The van der Waals surface area contributed by atoms with E-state index in [9.17, 15) is 4.57 Å². The molecule has 1 fully saturated rings. The third kappa shape index (κ3) is 3.09. The third-order valence-corrected chi connectivity index (χ3v) is 4.30. The van der Waals surface area contributed by atoms with E-state index in [1.807, 2.05) is 0 Å². The van der Waals surface area contributed by atoms with Gasteiger partial charge in [-0.25, -0.2) is 9.76 Å². The van der Waals surface area contributed by atoms with Gasteiger partial charge in [-0.3, -0.25) is 4.57 Å². The van der Waals surface area contributed by atoms with E-state index in [4.69, 9.17) is 16.0 Å². The molecule has 0 bridgehead atoms. The van der Waals surface area contributed by atoms with Crippen LogP contribution in [0.1, 0.15) is 0 Å². The minimum atomic E-state index is -2.80. The lowest BCUT2D eigenvalue weighted by Crippen LogP contribution is -2.21. The lowest BCUT2D eigenvalue weighted by molar-refractivity contribution is 0.404. The summed E-state index contributed by atoms with van der Waals surface area (Å²) in [5, 5.41) is 2.74. The van der Waals surface area contributed by atoms with Crippen molar-refractivity contribution < 1.29 is 9.30 Å². The second kappa shape index (κ2) is 3.42. The van der Waals surface area contributed by atoms with Crippen LogP contribution in [0.4, 0.5) is 0 Å². The van der Waals surface area contributed by atoms with Crippen molar-refractivity contribution in [2.24, 2.45) is 0 Å². The van der Waals surface area contributed by atoms with Gasteiger partial charge in [0, 0.05) is 6.54 Å². The van der Waals surface area contributed by atoms with Gasteiger partial charge in [0.05, 0.1) is 12.7 Å². The quantitative estimate of drug-likeness (QED) is 0.538. The van der Waals surface area contributed by atoms with Gasteiger partial charge in [-0.15, -0.1) is 0 Å². The molecule has 2 atom stereocenters. The summed E-state index contributed by atoms with van der Waals surface area (Å²) in [4.78, 5) is 0. The Morgan fingerprint density at radius 2 is 2.36 bits per heavy atom. The summed E-state index contributed by atoms with van der Waals surface area (Å²) in [5.41, 5.74) is 0. The largest absolute Gasteiger partial charge is 0.372 e. The van der Waals surface area contributed by atoms with Gasteiger partial charge in [0.2, 0.25) is 0 Å². The van der Waals surface area contributed by atoms with Crippen molar-refractivity contribution in [1.29, 1.82) is 0 Å². The highest BCUT2D eigenvalue weighted by Crippen LogP contribution is 2.48. The van der Waals surface area contributed by atoms with Crippen molar-refractivity contribution in [3.8, 4) is 0 Å². The average molecular weight is 199 g/mol. The van der Waals surface area contributed by atoms with E-state index < -0.39 is 6.80 Å². The maximum Gasteiger partial charge on any atom is 0.301 e. The predicted octanol–water partition coefficient (Wildman–Crippen LogP) is 0.883. The summed E-state index contributed by atoms with van der Waals surface area (Å²) in [6.45, 7) is -1.49. The first-order valence-electron chi connectivity index (χ1n) is 3.36. The number of hydrogen-bond donors (Lipinski definition) is 1. The van der Waals surface area contributed by atoms with Gasteiger partial charge in [0.15, 0.2) is 0 Å². The molecule has 1 N–H and O–H groups in total. The van der Waals surface area contributed by atoms with Gasteiger partial charge in [-0.05, 0) is 25.3 Å². The van der Waals surface area contributed by atoms with Crippen LogP contribution in [-0.4, -0.2) is 38.0 Å². The minimum absolute atomic E-state index is 0.210. The lowest BCUT2D eigenvalue weighted by atomic mass is 10.5. The molecule has 0 amide bonds. The predicted molar refractivity (Wildman–Crippen MR) is 44.9 cm³/mol. The van der Waals surface area contributed by atoms with Crippen molar-refractivity contribution >= 4 is 18.0 Å². The number of ether oxygens (including phenoxy) is 1. The minimum Gasteiger partial charge on any atom is -0.372 e. The Kier molecular flexibility index (Phi) is 2.95. The highest BCUT2D eigenvalue weighted by Gasteiger charge is 2.27. The normalized spacial score (nSPS) is 28.5. The fraction of sp³-hybridized carbons (Fsp3) is 1.00. The number of nitrogens with one attached hydrogen (secondary N) is 1. The number of halogens is 1. The highest BCUT2D eigenvalue weighted by molar-refractivity contribution is 7.85. The fourth-order valence-electron chi connectivity index (χ4n) is 0.542. The molecule has 4 nitrogen and oxygen atoms in total. The zero-order valence-electron chi connectivity index (χ0n) is 6.58. The average Bonchev–Trinajstić information content (AvgIpc) is 2.65. The zero-order valence-corrected chi connectivity index (χ0v) is 8.23. The van der Waals surface area contributed by atoms with Gasteiger partial charge in [0.1, 0.15) is 0 Å². The zero-order chi connectivity index (χ0) is 8.48. The van der Waals surface area contributed by atoms with E-state index in [2.05, 4.69) is 5.09 Å². The monoisotopic (exact) mass is 198 g/mol. The molecule has 2 unspecified atom stereocenters. The first-order chi connectivity index (χ1) is 5.02. The third-order valence-electron chi connectivity index (χ3n) is 1.43. The number of nitrogens with zero attached hydrogens (tertiary/aromatic N) is 1. The summed E-state index contributed by atoms with van der Waals surface area (Å²) in [6.07, 6.45) is 0.210. The van der Waals surface area contributed by atoms with E-state index in [1.54, 1.807) is 14.1 Å². The van der Waals surface area contributed by atoms with Crippen LogP contribution in [0.15, 0.2) is 0 Å². The van der Waals surface area contributed by atoms with Crippen LogP contribution in [0.3, 0.4) is 0 Å². The van der Waals surface area contributed by atoms with Crippen LogP contribution in [0, 0.1) is 0 Å². The topological polar surface area (TPSA) is 44.9 Å². The van der Waals surface area contributed by atoms with Crippen molar-refractivity contribution in [2.75, 3.05) is 27.2 Å². The van der Waals surface area contributed by atoms with Crippen LogP contribution in [0.25, 0.3) is 0 Å². The molecule has 0 aliphatic carbocycles. The summed E-state index contributed by atoms with van der Waals surface area (Å²) >= 11 is 5.66. The molecule has 0 radical (unpaired) electrons. The number of hydrogen-bond acceptors (Lipinski definition) is 2. The van der Waals surface area contributed by atoms with Crippen LogP contribution in [-0.2, 0) is 9.30 Å². The van der Waals surface area contributed by atoms with E-state index in [-0.39, 0.29) is 6.10 Å². The second-order valence-electron chi connectivity index (χ2n) is 2.67. The van der Waals surface area contributed by atoms with Gasteiger partial charge in [-0.2, -0.15) is 0 Å². The van der Waals surface area contributed by atoms with E-state index in [1.165, 1.54) is 4.67 Å². The molecule has 11 heavy (non-hydrogen) atoms. The summed E-state index contributed by atoms with van der Waals surface area (Å²) in [6, 6.07) is 0. The fourth-order valence-corrected chi connectivity index (χ4v) is 1.46. The molecular formula is C5H12ClN2O2P. The Hall–Kier alpha value is 0.400. The Morgan fingerprint density at radius 3 is 2.73 bits per heavy atom. The molecule has 1 rings (SSSR count). The van der Waals surface area contributed by atoms with E-state index in [0.29, 0.717) is 6.54 Å². The van der Waals surface area contributed by atoms with Crippen LogP contribution < -0.4 is 5.09 Å². The first kappa shape index (κ1) is 9.49. The molecule has 0 aromatic carbocycles. The standard InChI is InChI=1S/C5H12ClN2O2P/c1-8(2)11(6,9)7-3-5-4-10-5/h5H,3-4H2,1-2H3,(H,7,9). The molecule has 1 heterocycles. The van der Waals surface area contributed by atoms with Crippen molar-refractivity contribution in [3.05, 3.63) is 0 Å². The van der Waals surface area contributed by atoms with Gasteiger partial charge in [-0.1, -0.05) is 0 Å². The van der Waals surface area contributed by atoms with Crippen molar-refractivity contribution in [2.45, 2.75) is 6.10 Å². The van der Waals surface area contributed by atoms with E-state index in [0.717, 1.165) is 6.61 Å². The Bertz CT molecular complexity index is 183. The first-order valence-corrected chi connectivity index (χ1v) is 5.93. The Balaban J connectivity index is 2.26. The lowest BCUT2D eigenvalue weighted by Gasteiger charge is -2.17. The van der Waals surface area contributed by atoms with Crippen molar-refractivity contribution in [1.82, 2.24) is 9.76 Å². The highest BCUT2D eigenvalue weighted by atomic mass is 35.7. The molecule has 66 valence electrons. The number of rotatable bonds is 4. The van der Waals surface area contributed by atoms with Crippen LogP contribution >= 0.6 is 18.0 Å². The molecular weight excluding hydrogens is 186 g/mol. The van der Waals surface area contributed by atoms with Gasteiger partial charge < -0.3 is 4.74 Å². The smallest absolute Gasteiger partial charge is 0.301 e. The second-order valence-corrected chi connectivity index (χ2v) is 6.16. The molecule has 1 saturated heterocycles. The summed E-state index contributed by atoms with van der Waals surface area (Å²) in [5.74, 6) is 0. The van der Waals surface area contributed by atoms with Gasteiger partial charge in [0.25, 0.3) is 0 Å². The molecule has 1 aliphatic rings. The Labute approximate surface area is 71.1 Å². The summed E-state index contributed by atoms with van der Waals surface area (Å²) in [7, 11) is 3.35. The Morgan fingerprint density at radius 1 is 1.82 bits per heavy atom. The van der Waals surface area contributed by atoms with Crippen LogP contribution in [0.2, 0.25) is 0 Å². The van der Waals surface area contributed by atoms with Crippen molar-refractivity contribution in [3.63, 3.8) is 0 Å². The molecule has 0 spiro atoms. The maximum atomic E-state index is 11.4. The molecule has 1 aliphatic heterocycles. The van der Waals surface area contributed by atoms with Gasteiger partial charge >= 0.3 is 6.80 Å². The van der Waals surface area contributed by atoms with Crippen LogP contribution in [0.5, 0.6) is 0 Å². The SMILES string of the molecule is CN(C)P(=O)(Cl)NCC1CO1. The molecule has 0 aromatic heterocycles. The molecule has 0 saturated carbocycles.